The van der Waals surface area contributed by atoms with Gasteiger partial charge in [-0.3, -0.25) is 19.3 Å². The molecular weight excluding hydrogens is 1230 g/mol. The number of hydrogen-bond acceptors (Lipinski definition) is 18. The fraction of sp³-hybridized carbons (Fsp3) is 0.288. The Hall–Kier alpha value is -10.8. The molecule has 0 spiro atoms. The Morgan fingerprint density at radius 2 is 0.865 bits per heavy atom. The lowest BCUT2D eigenvalue weighted by atomic mass is 9.92. The molecule has 3 fully saturated rings. The first kappa shape index (κ1) is 61.4. The van der Waals surface area contributed by atoms with Crippen molar-refractivity contribution < 1.29 is 31.2 Å². The predicted octanol–water partition coefficient (Wildman–Crippen LogP) is 11.4. The number of halogens is 3. The van der Waals surface area contributed by atoms with Crippen molar-refractivity contribution in [1.82, 2.24) is 44.6 Å². The molecule has 6 aliphatic heterocycles. The van der Waals surface area contributed by atoms with Gasteiger partial charge in [-0.1, -0.05) is 36.4 Å². The molecule has 0 unspecified atom stereocenters. The molecule has 20 nitrogen and oxygen atoms in total. The molecule has 9 aliphatic rings. The van der Waals surface area contributed by atoms with E-state index < -0.39 is 12.7 Å². The largest absolute Gasteiger partial charge is 0.452 e. The van der Waals surface area contributed by atoms with Crippen molar-refractivity contribution in [3.05, 3.63) is 186 Å². The van der Waals surface area contributed by atoms with Gasteiger partial charge < -0.3 is 42.7 Å². The third-order valence-electron chi connectivity index (χ3n) is 19.2. The van der Waals surface area contributed by atoms with E-state index in [0.29, 0.717) is 212 Å². The summed E-state index contributed by atoms with van der Waals surface area (Å²) in [6.07, 6.45) is 1.08. The van der Waals surface area contributed by atoms with Crippen molar-refractivity contribution in [2.45, 2.75) is 40.3 Å². The topological polar surface area (TPSA) is 208 Å². The van der Waals surface area contributed by atoms with Crippen molar-refractivity contribution in [1.29, 1.82) is 0 Å². The Labute approximate surface area is 548 Å². The molecule has 0 bridgehead atoms. The molecule has 0 N–H and O–H groups in total. The molecule has 3 aromatic heterocycles. The molecule has 2 amide bonds. The van der Waals surface area contributed by atoms with Gasteiger partial charge in [-0.2, -0.15) is 13.2 Å². The van der Waals surface area contributed by atoms with Crippen LogP contribution in [0, 0.1) is 27.7 Å². The molecule has 9 heterocycles. The highest BCUT2D eigenvalue weighted by Gasteiger charge is 2.35. The zero-order valence-electron chi connectivity index (χ0n) is 53.5. The summed E-state index contributed by atoms with van der Waals surface area (Å²) in [5.74, 6) is 3.15. The van der Waals surface area contributed by atoms with E-state index in [1.165, 1.54) is 4.90 Å². The van der Waals surface area contributed by atoms with Crippen molar-refractivity contribution in [2.24, 2.45) is 0 Å². The van der Waals surface area contributed by atoms with Crippen LogP contribution < -0.4 is 35.9 Å². The standard InChI is InChI=1S/C73H66F3N13O7/c1-42-43(2)66(90)59(69-62(42)80-50-12-6-9-15-53(50)94-69)46-18-22-57(78-38-46)86-30-34-88(35-31-86)65-45(4)68(92)61(71-64(65)82-52-14-8-11-17-55(52)96-71)48-20-23-58(79-40-48)87-32-36-89(37-33-87)72(93)83(5)25-24-49-44(3)67(91)60(70-63(49)81-51-13-7-10-16-54(51)95-70)47-19-21-56(77-39-47)85-28-26-84(27-29-85)41-73(74,75)76/h6-23,38-40H,24-37,41H2,1-5H3. The minimum atomic E-state index is -4.27. The lowest BCUT2D eigenvalue weighted by molar-refractivity contribution is -0.146. The number of benzene rings is 6. The van der Waals surface area contributed by atoms with E-state index in [0.717, 1.165) is 11.4 Å². The van der Waals surface area contributed by atoms with E-state index >= 15 is 0 Å². The summed E-state index contributed by atoms with van der Waals surface area (Å²) in [6, 6.07) is 33.4. The Morgan fingerprint density at radius 1 is 0.469 bits per heavy atom. The number of nitrogens with zero attached hydrogens (tertiary/aromatic N) is 13. The third kappa shape index (κ3) is 11.2. The van der Waals surface area contributed by atoms with Crippen LogP contribution in [-0.2, 0) is 6.42 Å². The number of pyridine rings is 3. The lowest BCUT2D eigenvalue weighted by Crippen LogP contribution is -2.52. The molecule has 23 heteroatoms. The number of piperazine rings is 3. The normalized spacial score (nSPS) is 15.1. The van der Waals surface area contributed by atoms with Gasteiger partial charge >= 0.3 is 12.2 Å². The minimum absolute atomic E-state index is 0.124. The molecule has 0 atom stereocenters. The number of amides is 2. The Bertz CT molecular complexity index is 5080. The van der Waals surface area contributed by atoms with Crippen LogP contribution in [0.25, 0.3) is 101 Å². The first-order chi connectivity index (χ1) is 46.4. The van der Waals surface area contributed by atoms with Crippen LogP contribution >= 0.6 is 0 Å². The van der Waals surface area contributed by atoms with Crippen molar-refractivity contribution in [3.63, 3.8) is 0 Å². The van der Waals surface area contributed by atoms with E-state index in [2.05, 4.69) is 19.7 Å². The number of likely N-dealkylation sites (N-methyl/N-ethyl adjacent to an activating group) is 1. The van der Waals surface area contributed by atoms with Crippen LogP contribution in [0.1, 0.15) is 27.8 Å². The quantitative estimate of drug-likeness (QED) is 0.110. The van der Waals surface area contributed by atoms with Crippen LogP contribution in [-0.4, -0.2) is 155 Å². The van der Waals surface area contributed by atoms with Gasteiger partial charge in [0.1, 0.15) is 51.1 Å². The highest BCUT2D eigenvalue weighted by molar-refractivity contribution is 5.93. The average Bonchev–Trinajstić information content (AvgIpc) is 0.758. The molecule has 15 rings (SSSR count). The lowest BCUT2D eigenvalue weighted by Gasteiger charge is -2.38. The molecule has 0 saturated carbocycles. The molecule has 0 radical (unpaired) electrons. The number of hydrogen-bond donors (Lipinski definition) is 0. The molecule has 3 aliphatic carbocycles. The Balaban J connectivity index is 0.617. The summed E-state index contributed by atoms with van der Waals surface area (Å²) in [7, 11) is 1.75. The minimum Gasteiger partial charge on any atom is -0.452 e. The maximum atomic E-state index is 14.9. The monoisotopic (exact) mass is 1290 g/mol. The van der Waals surface area contributed by atoms with Gasteiger partial charge in [0.15, 0.2) is 50.3 Å². The number of rotatable bonds is 11. The van der Waals surface area contributed by atoms with Crippen LogP contribution in [0.3, 0.4) is 0 Å². The number of para-hydroxylation sites is 6. The molecule has 6 aromatic rings. The fourth-order valence-electron chi connectivity index (χ4n) is 13.8. The number of anilines is 4. The van der Waals surface area contributed by atoms with Gasteiger partial charge in [0.25, 0.3) is 0 Å². The molecule has 96 heavy (non-hydrogen) atoms. The van der Waals surface area contributed by atoms with Crippen molar-refractivity contribution >= 4 is 62.5 Å². The summed E-state index contributed by atoms with van der Waals surface area (Å²) < 4.78 is 58.8. The number of alkyl halides is 3. The second-order valence-electron chi connectivity index (χ2n) is 25.0. The molecule has 3 saturated heterocycles. The number of aromatic nitrogens is 6. The van der Waals surface area contributed by atoms with E-state index in [9.17, 15) is 32.3 Å². The zero-order valence-corrected chi connectivity index (χ0v) is 53.5. The van der Waals surface area contributed by atoms with Crippen LogP contribution in [0.5, 0.6) is 0 Å². The summed E-state index contributed by atoms with van der Waals surface area (Å²) in [6.45, 7) is 12.1. The van der Waals surface area contributed by atoms with Gasteiger partial charge in [-0.25, -0.2) is 34.7 Å². The van der Waals surface area contributed by atoms with Gasteiger partial charge in [0.2, 0.25) is 0 Å². The fourth-order valence-corrected chi connectivity index (χ4v) is 13.8. The first-order valence-electron chi connectivity index (χ1n) is 32.1. The highest BCUT2D eigenvalue weighted by Crippen LogP contribution is 2.43. The van der Waals surface area contributed by atoms with E-state index in [1.54, 1.807) is 60.6 Å². The second kappa shape index (κ2) is 24.5. The van der Waals surface area contributed by atoms with Gasteiger partial charge in [0.05, 0.1) is 28.9 Å². The SMILES string of the molecule is Cc1c2nc3ccccc3oc-2c(-c2ccc(N3CCN(c4c5nc6ccccc6oc-5c(-c5ccc(N6CCN(C(=O)N(C)CCc7c8nc9ccccc9oc-8c(-c8ccc(N9CCN(CC(F)(F)F)CC9)nc8)c(=O)c7C)CC6)nc5)c(=O)c4C)CC3)nc2)c(=O)c1C. The zero-order chi connectivity index (χ0) is 66.3. The van der Waals surface area contributed by atoms with E-state index in [1.807, 2.05) is 117 Å². The maximum absolute atomic E-state index is 14.9. The van der Waals surface area contributed by atoms with Gasteiger partial charge in [0, 0.05) is 144 Å². The average molecular weight is 1290 g/mol. The van der Waals surface area contributed by atoms with Crippen LogP contribution in [0.4, 0.5) is 41.1 Å². The molecular formula is C73H66F3N13O7. The van der Waals surface area contributed by atoms with E-state index in [-0.39, 0.29) is 42.0 Å². The number of carbonyl (C=O) groups is 1. The molecule has 3 aromatic carbocycles. The Kier molecular flexibility index (Phi) is 15.7. The van der Waals surface area contributed by atoms with Crippen LogP contribution in [0.2, 0.25) is 0 Å². The van der Waals surface area contributed by atoms with Crippen molar-refractivity contribution in [3.8, 4) is 67.7 Å². The van der Waals surface area contributed by atoms with E-state index in [4.69, 9.17) is 38.2 Å². The van der Waals surface area contributed by atoms with Gasteiger partial charge in [-0.15, -0.1) is 0 Å². The van der Waals surface area contributed by atoms with Crippen molar-refractivity contribution in [2.75, 3.05) is 118 Å². The van der Waals surface area contributed by atoms with Crippen LogP contribution in [0.15, 0.2) is 155 Å². The third-order valence-corrected chi connectivity index (χ3v) is 19.2. The Morgan fingerprint density at radius 3 is 1.33 bits per heavy atom. The summed E-state index contributed by atoms with van der Waals surface area (Å²) in [5.41, 5.74) is 11.4. The number of urea groups is 1. The highest BCUT2D eigenvalue weighted by atomic mass is 19.4. The first-order valence-corrected chi connectivity index (χ1v) is 32.1. The maximum Gasteiger partial charge on any atom is 0.401 e. The second-order valence-corrected chi connectivity index (χ2v) is 25.0. The summed E-state index contributed by atoms with van der Waals surface area (Å²) >= 11 is 0. The molecule has 486 valence electrons. The number of carbonyl (C=O) groups excluding carboxylic acids is 1. The smallest absolute Gasteiger partial charge is 0.401 e. The summed E-state index contributed by atoms with van der Waals surface area (Å²) in [5, 5.41) is 0. The predicted molar refractivity (Wildman–Crippen MR) is 364 cm³/mol. The number of fused-ring (bicyclic) bond motifs is 6. The van der Waals surface area contributed by atoms with Gasteiger partial charge in [-0.05, 0) is 118 Å². The summed E-state index contributed by atoms with van der Waals surface area (Å²) in [4.78, 5) is 100.